The van der Waals surface area contributed by atoms with Gasteiger partial charge in [0.1, 0.15) is 5.15 Å². The number of benzene rings is 3. The molecule has 38 heavy (non-hydrogen) atoms. The number of aromatic nitrogens is 1. The molecule has 9 nitrogen and oxygen atoms in total. The first-order valence-electron chi connectivity index (χ1n) is 11.6. The van der Waals surface area contributed by atoms with Crippen molar-refractivity contribution in [2.45, 2.75) is 37.1 Å². The summed E-state index contributed by atoms with van der Waals surface area (Å²) >= 11 is 6.60. The van der Waals surface area contributed by atoms with Gasteiger partial charge in [-0.05, 0) is 62.7 Å². The molecule has 4 rings (SSSR count). The summed E-state index contributed by atoms with van der Waals surface area (Å²) in [5.41, 5.74) is 3.79. The van der Waals surface area contributed by atoms with Gasteiger partial charge in [-0.2, -0.15) is 27.0 Å². The molecule has 198 valence electrons. The van der Waals surface area contributed by atoms with E-state index in [2.05, 4.69) is 19.9 Å². The lowest BCUT2D eigenvalue weighted by Crippen LogP contribution is -2.18. The quantitative estimate of drug-likeness (QED) is 0.226. The van der Waals surface area contributed by atoms with Crippen molar-refractivity contribution < 1.29 is 16.8 Å². The van der Waals surface area contributed by atoms with Crippen LogP contribution in [0, 0.1) is 13.8 Å². The second kappa shape index (κ2) is 11.0. The van der Waals surface area contributed by atoms with Crippen LogP contribution in [0.2, 0.25) is 5.15 Å². The Morgan fingerprint density at radius 1 is 0.789 bits per heavy atom. The highest BCUT2D eigenvalue weighted by Crippen LogP contribution is 2.29. The van der Waals surface area contributed by atoms with Gasteiger partial charge in [0.25, 0.3) is 20.0 Å². The van der Waals surface area contributed by atoms with E-state index in [1.54, 1.807) is 36.4 Å². The maximum Gasteiger partial charge on any atom is 0.276 e. The van der Waals surface area contributed by atoms with Crippen LogP contribution in [0.25, 0.3) is 10.9 Å². The van der Waals surface area contributed by atoms with Crippen molar-refractivity contribution in [1.29, 1.82) is 0 Å². The number of nitrogens with one attached hydrogen (secondary N) is 2. The summed E-state index contributed by atoms with van der Waals surface area (Å²) in [7, 11) is -7.67. The molecule has 0 aliphatic rings. The minimum absolute atomic E-state index is 0.0916. The summed E-state index contributed by atoms with van der Waals surface area (Å²) in [4.78, 5) is 4.63. The van der Waals surface area contributed by atoms with E-state index in [1.165, 1.54) is 36.7 Å². The zero-order valence-electron chi connectivity index (χ0n) is 20.9. The fourth-order valence-corrected chi connectivity index (χ4v) is 5.69. The molecular formula is C26H26ClN5O4S2. The predicted molar refractivity (Wildman–Crippen MR) is 151 cm³/mol. The maximum absolute atomic E-state index is 12.6. The molecular weight excluding hydrogens is 546 g/mol. The molecule has 0 atom stereocenters. The Kier molecular flexibility index (Phi) is 7.91. The topological polar surface area (TPSA) is 122 Å². The van der Waals surface area contributed by atoms with E-state index in [9.17, 15) is 16.8 Å². The molecule has 0 aliphatic carbocycles. The van der Waals surface area contributed by atoms with Crippen molar-refractivity contribution in [3.8, 4) is 0 Å². The molecule has 0 bridgehead atoms. The predicted octanol–water partition coefficient (Wildman–Crippen LogP) is 4.56. The van der Waals surface area contributed by atoms with E-state index < -0.39 is 20.0 Å². The van der Waals surface area contributed by atoms with Gasteiger partial charge in [-0.25, -0.2) is 9.66 Å². The third-order valence-corrected chi connectivity index (χ3v) is 8.68. The summed E-state index contributed by atoms with van der Waals surface area (Å²) in [6, 6.07) is 18.2. The normalized spacial score (nSPS) is 12.5. The highest BCUT2D eigenvalue weighted by Gasteiger charge is 2.16. The lowest BCUT2D eigenvalue weighted by atomic mass is 10.1. The van der Waals surface area contributed by atoms with E-state index >= 15 is 0 Å². The number of fused-ring (bicyclic) bond motifs is 1. The van der Waals surface area contributed by atoms with Crippen LogP contribution in [-0.4, -0.2) is 33.8 Å². The van der Waals surface area contributed by atoms with Crippen LogP contribution in [-0.2, 0) is 26.6 Å². The average molecular weight is 572 g/mol. The summed E-state index contributed by atoms with van der Waals surface area (Å²) < 4.78 is 52.0. The fourth-order valence-electron chi connectivity index (χ4n) is 3.75. The third-order valence-electron chi connectivity index (χ3n) is 5.79. The number of halogens is 1. The van der Waals surface area contributed by atoms with Crippen LogP contribution in [0.4, 0.5) is 0 Å². The van der Waals surface area contributed by atoms with E-state index in [-0.39, 0.29) is 9.79 Å². The highest BCUT2D eigenvalue weighted by molar-refractivity contribution is 7.89. The molecule has 0 saturated heterocycles. The lowest BCUT2D eigenvalue weighted by molar-refractivity contribution is 0.583. The standard InChI is InChI=1S/C26H26ClN5O4S2/c1-4-32-25-14-9-20(16-28-30-37(33,34)21-10-5-18(2)6-11-21)15-23(25)24(26(32)27)17-29-31-38(35,36)22-12-7-19(3)8-13-22/h5-17,30-31H,4H2,1-3H3/b28-16+,29-17+. The molecule has 12 heteroatoms. The Morgan fingerprint density at radius 3 is 1.79 bits per heavy atom. The summed E-state index contributed by atoms with van der Waals surface area (Å²) in [6.45, 7) is 6.24. The second-order valence-corrected chi connectivity index (χ2v) is 12.2. The van der Waals surface area contributed by atoms with Crippen molar-refractivity contribution in [2.75, 3.05) is 0 Å². The van der Waals surface area contributed by atoms with E-state index in [0.717, 1.165) is 16.6 Å². The Labute approximate surface area is 226 Å². The van der Waals surface area contributed by atoms with Gasteiger partial charge in [0, 0.05) is 23.0 Å². The lowest BCUT2D eigenvalue weighted by Gasteiger charge is -2.04. The van der Waals surface area contributed by atoms with Gasteiger partial charge >= 0.3 is 0 Å². The van der Waals surface area contributed by atoms with E-state index in [1.807, 2.05) is 31.4 Å². The van der Waals surface area contributed by atoms with E-state index in [4.69, 9.17) is 11.6 Å². The summed E-state index contributed by atoms with van der Waals surface area (Å²) in [6.07, 6.45) is 2.73. The van der Waals surface area contributed by atoms with Gasteiger partial charge in [-0.3, -0.25) is 0 Å². The minimum atomic E-state index is -3.86. The molecule has 0 spiro atoms. The van der Waals surface area contributed by atoms with Crippen LogP contribution in [0.3, 0.4) is 0 Å². The number of sulfonamides is 2. The van der Waals surface area contributed by atoms with Crippen molar-refractivity contribution in [3.63, 3.8) is 0 Å². The zero-order valence-corrected chi connectivity index (χ0v) is 23.3. The van der Waals surface area contributed by atoms with Gasteiger partial charge in [-0.1, -0.05) is 53.1 Å². The molecule has 0 fully saturated rings. The van der Waals surface area contributed by atoms with Crippen LogP contribution >= 0.6 is 11.6 Å². The largest absolute Gasteiger partial charge is 0.331 e. The smallest absolute Gasteiger partial charge is 0.276 e. The molecule has 0 radical (unpaired) electrons. The van der Waals surface area contributed by atoms with Crippen molar-refractivity contribution in [1.82, 2.24) is 14.2 Å². The number of hydrogen-bond acceptors (Lipinski definition) is 6. The summed E-state index contributed by atoms with van der Waals surface area (Å²) in [5.74, 6) is 0. The molecule has 2 N–H and O–H groups in total. The number of hydrazone groups is 2. The molecule has 0 saturated carbocycles. The highest BCUT2D eigenvalue weighted by atomic mass is 35.5. The van der Waals surface area contributed by atoms with Gasteiger partial charge in [0.2, 0.25) is 0 Å². The first-order chi connectivity index (χ1) is 18.0. The molecule has 0 amide bonds. The Balaban J connectivity index is 1.60. The van der Waals surface area contributed by atoms with E-state index in [0.29, 0.717) is 28.2 Å². The number of nitrogens with zero attached hydrogens (tertiary/aromatic N) is 3. The van der Waals surface area contributed by atoms with Gasteiger partial charge in [-0.15, -0.1) is 0 Å². The van der Waals surface area contributed by atoms with Crippen molar-refractivity contribution in [2.24, 2.45) is 10.2 Å². The van der Waals surface area contributed by atoms with Gasteiger partial charge in [0.15, 0.2) is 0 Å². The van der Waals surface area contributed by atoms with Crippen molar-refractivity contribution >= 4 is 55.0 Å². The maximum atomic E-state index is 12.6. The fraction of sp³-hybridized carbons (Fsp3) is 0.154. The number of aryl methyl sites for hydroxylation is 3. The minimum Gasteiger partial charge on any atom is -0.331 e. The molecule has 4 aromatic rings. The van der Waals surface area contributed by atoms with Crippen LogP contribution in [0.15, 0.2) is 86.7 Å². The van der Waals surface area contributed by atoms with Gasteiger partial charge in [0.05, 0.1) is 22.2 Å². The summed E-state index contributed by atoms with van der Waals surface area (Å²) in [5, 5.41) is 8.93. The first kappa shape index (κ1) is 27.4. The van der Waals surface area contributed by atoms with Crippen LogP contribution in [0.1, 0.15) is 29.2 Å². The third kappa shape index (κ3) is 5.90. The molecule has 1 aromatic heterocycles. The van der Waals surface area contributed by atoms with Gasteiger partial charge < -0.3 is 4.57 Å². The first-order valence-corrected chi connectivity index (χ1v) is 14.9. The zero-order chi connectivity index (χ0) is 27.5. The molecule has 0 aliphatic heterocycles. The average Bonchev–Trinajstić information content (AvgIpc) is 3.14. The Hall–Kier alpha value is -3.67. The molecule has 0 unspecified atom stereocenters. The SMILES string of the molecule is CCn1c(Cl)c(/C=N/NS(=O)(=O)c2ccc(C)cc2)c2cc(/C=N/NS(=O)(=O)c3ccc(C)cc3)ccc21. The Morgan fingerprint density at radius 2 is 1.29 bits per heavy atom. The van der Waals surface area contributed by atoms with Crippen molar-refractivity contribution in [3.05, 3.63) is 94.1 Å². The van der Waals surface area contributed by atoms with Crippen LogP contribution in [0.5, 0.6) is 0 Å². The molecule has 3 aromatic carbocycles. The molecule has 1 heterocycles. The monoisotopic (exact) mass is 571 g/mol. The number of hydrogen-bond donors (Lipinski definition) is 2. The van der Waals surface area contributed by atoms with Crippen LogP contribution < -0.4 is 9.66 Å². The second-order valence-electron chi connectivity index (χ2n) is 8.56. The number of rotatable bonds is 9. The Bertz CT molecular complexity index is 1740.